The number of hydrogen-bond acceptors (Lipinski definition) is 3. The molecule has 0 bridgehead atoms. The summed E-state index contributed by atoms with van der Waals surface area (Å²) >= 11 is 1.68. The maximum absolute atomic E-state index is 11.7. The van der Waals surface area contributed by atoms with Crippen molar-refractivity contribution in [3.8, 4) is 0 Å². The molecule has 4 heteroatoms. The van der Waals surface area contributed by atoms with Crippen molar-refractivity contribution < 1.29 is 9.90 Å². The van der Waals surface area contributed by atoms with Gasteiger partial charge in [-0.25, -0.2) is 0 Å². The van der Waals surface area contributed by atoms with Crippen molar-refractivity contribution in [3.05, 3.63) is 30.3 Å². The van der Waals surface area contributed by atoms with Crippen LogP contribution in [0.3, 0.4) is 0 Å². The van der Waals surface area contributed by atoms with Crippen LogP contribution in [0, 0.1) is 0 Å². The molecule has 0 saturated carbocycles. The first-order chi connectivity index (χ1) is 8.53. The number of benzene rings is 1. The molecule has 0 atom stereocenters. The van der Waals surface area contributed by atoms with Crippen molar-refractivity contribution in [3.63, 3.8) is 0 Å². The number of carbonyl (C=O) groups excluding carboxylic acids is 1. The number of rotatable bonds is 7. The Morgan fingerprint density at radius 3 is 2.61 bits per heavy atom. The second-order valence-corrected chi connectivity index (χ2v) is 5.99. The smallest absolute Gasteiger partial charge is 0.221 e. The zero-order valence-corrected chi connectivity index (χ0v) is 11.8. The van der Waals surface area contributed by atoms with E-state index >= 15 is 0 Å². The number of thioether (sulfide) groups is 1. The molecule has 3 nitrogen and oxygen atoms in total. The van der Waals surface area contributed by atoms with E-state index in [2.05, 4.69) is 5.32 Å². The van der Waals surface area contributed by atoms with Gasteiger partial charge in [-0.1, -0.05) is 18.2 Å². The minimum absolute atomic E-state index is 0.0388. The fourth-order valence-electron chi connectivity index (χ4n) is 1.56. The minimum atomic E-state index is -0.330. The number of nitrogens with one attached hydrogen (secondary N) is 1. The summed E-state index contributed by atoms with van der Waals surface area (Å²) in [5, 5.41) is 11.8. The number of aliphatic hydroxyl groups is 1. The van der Waals surface area contributed by atoms with Gasteiger partial charge in [-0.15, -0.1) is 11.8 Å². The highest BCUT2D eigenvalue weighted by atomic mass is 32.2. The van der Waals surface area contributed by atoms with E-state index in [1.165, 1.54) is 4.90 Å². The second-order valence-electron chi connectivity index (χ2n) is 4.82. The lowest BCUT2D eigenvalue weighted by molar-refractivity contribution is -0.122. The number of carbonyl (C=O) groups is 1. The Labute approximate surface area is 113 Å². The van der Waals surface area contributed by atoms with Crippen LogP contribution in [0.5, 0.6) is 0 Å². The Kier molecular flexibility index (Phi) is 6.22. The van der Waals surface area contributed by atoms with E-state index in [-0.39, 0.29) is 18.1 Å². The fraction of sp³-hybridized carbons (Fsp3) is 0.500. The predicted octanol–water partition coefficient (Wildman–Crippen LogP) is 2.45. The summed E-state index contributed by atoms with van der Waals surface area (Å²) in [7, 11) is 0. The standard InChI is InChI=1S/C14H21NO2S/c1-14(2,9-10-16)15-13(17)8-11-18-12-6-4-3-5-7-12/h3-7,16H,8-11H2,1-2H3,(H,15,17). The van der Waals surface area contributed by atoms with Crippen LogP contribution in [0.4, 0.5) is 0 Å². The van der Waals surface area contributed by atoms with Crippen LogP contribution in [0.25, 0.3) is 0 Å². The van der Waals surface area contributed by atoms with Gasteiger partial charge in [0.15, 0.2) is 0 Å². The van der Waals surface area contributed by atoms with E-state index in [4.69, 9.17) is 5.11 Å². The Morgan fingerprint density at radius 1 is 1.33 bits per heavy atom. The van der Waals surface area contributed by atoms with Crippen molar-refractivity contribution in [2.24, 2.45) is 0 Å². The van der Waals surface area contributed by atoms with Crippen LogP contribution in [0.15, 0.2) is 35.2 Å². The first-order valence-corrected chi connectivity index (χ1v) is 7.12. The van der Waals surface area contributed by atoms with Crippen molar-refractivity contribution >= 4 is 17.7 Å². The van der Waals surface area contributed by atoms with Crippen LogP contribution in [0.2, 0.25) is 0 Å². The summed E-state index contributed by atoms with van der Waals surface area (Å²) in [6.07, 6.45) is 1.07. The van der Waals surface area contributed by atoms with Crippen molar-refractivity contribution in [1.29, 1.82) is 0 Å². The summed E-state index contributed by atoms with van der Waals surface area (Å²) in [6, 6.07) is 10.0. The van der Waals surface area contributed by atoms with E-state index in [1.54, 1.807) is 11.8 Å². The number of hydrogen-bond donors (Lipinski definition) is 2. The molecule has 18 heavy (non-hydrogen) atoms. The van der Waals surface area contributed by atoms with Gasteiger partial charge in [-0.05, 0) is 32.4 Å². The summed E-state index contributed by atoms with van der Waals surface area (Å²) in [4.78, 5) is 12.9. The van der Waals surface area contributed by atoms with Crippen molar-refractivity contribution in [2.45, 2.75) is 37.1 Å². The van der Waals surface area contributed by atoms with Crippen LogP contribution in [0.1, 0.15) is 26.7 Å². The second kappa shape index (κ2) is 7.44. The lowest BCUT2D eigenvalue weighted by Gasteiger charge is -2.25. The third-order valence-electron chi connectivity index (χ3n) is 2.56. The molecule has 0 aliphatic heterocycles. The van der Waals surface area contributed by atoms with Gasteiger partial charge >= 0.3 is 0 Å². The van der Waals surface area contributed by atoms with E-state index in [1.807, 2.05) is 44.2 Å². The summed E-state index contributed by atoms with van der Waals surface area (Å²) < 4.78 is 0. The highest BCUT2D eigenvalue weighted by Crippen LogP contribution is 2.18. The summed E-state index contributed by atoms with van der Waals surface area (Å²) in [5.74, 6) is 0.808. The lowest BCUT2D eigenvalue weighted by Crippen LogP contribution is -2.44. The number of aliphatic hydroxyl groups excluding tert-OH is 1. The van der Waals surface area contributed by atoms with Crippen LogP contribution in [-0.2, 0) is 4.79 Å². The molecule has 0 unspecified atom stereocenters. The first kappa shape index (κ1) is 15.1. The minimum Gasteiger partial charge on any atom is -0.396 e. The third kappa shape index (κ3) is 6.07. The summed E-state index contributed by atoms with van der Waals surface area (Å²) in [6.45, 7) is 3.93. The molecule has 0 aliphatic carbocycles. The SMILES string of the molecule is CC(C)(CCO)NC(=O)CCSc1ccccc1. The Balaban J connectivity index is 2.25. The van der Waals surface area contributed by atoms with E-state index in [0.29, 0.717) is 12.8 Å². The average Bonchev–Trinajstić information content (AvgIpc) is 2.29. The van der Waals surface area contributed by atoms with Crippen LogP contribution in [-0.4, -0.2) is 28.9 Å². The quantitative estimate of drug-likeness (QED) is 0.746. The molecule has 100 valence electrons. The molecule has 1 rings (SSSR count). The molecule has 1 amide bonds. The predicted molar refractivity (Wildman–Crippen MR) is 75.7 cm³/mol. The Hall–Kier alpha value is -1.00. The van der Waals surface area contributed by atoms with Crippen LogP contribution >= 0.6 is 11.8 Å². The number of amides is 1. The molecule has 0 saturated heterocycles. The lowest BCUT2D eigenvalue weighted by atomic mass is 10.0. The summed E-state index contributed by atoms with van der Waals surface area (Å²) in [5.41, 5.74) is -0.330. The van der Waals surface area contributed by atoms with E-state index < -0.39 is 0 Å². The molecule has 0 heterocycles. The Morgan fingerprint density at radius 2 is 2.00 bits per heavy atom. The van der Waals surface area contributed by atoms with Crippen LogP contribution < -0.4 is 5.32 Å². The van der Waals surface area contributed by atoms with E-state index in [9.17, 15) is 4.79 Å². The molecule has 0 fully saturated rings. The highest BCUT2D eigenvalue weighted by molar-refractivity contribution is 7.99. The average molecular weight is 267 g/mol. The zero-order valence-electron chi connectivity index (χ0n) is 11.0. The largest absolute Gasteiger partial charge is 0.396 e. The molecule has 0 spiro atoms. The molecule has 1 aromatic carbocycles. The molecule has 0 radical (unpaired) electrons. The molecule has 0 aromatic heterocycles. The van der Waals surface area contributed by atoms with Gasteiger partial charge in [0.1, 0.15) is 0 Å². The topological polar surface area (TPSA) is 49.3 Å². The van der Waals surface area contributed by atoms with Gasteiger partial charge in [-0.3, -0.25) is 4.79 Å². The maximum Gasteiger partial charge on any atom is 0.221 e. The maximum atomic E-state index is 11.7. The molecular weight excluding hydrogens is 246 g/mol. The molecule has 1 aromatic rings. The Bertz CT molecular complexity index is 365. The first-order valence-electron chi connectivity index (χ1n) is 6.13. The molecular formula is C14H21NO2S. The van der Waals surface area contributed by atoms with Gasteiger partial charge in [-0.2, -0.15) is 0 Å². The van der Waals surface area contributed by atoms with Gasteiger partial charge in [0.2, 0.25) is 5.91 Å². The normalized spacial score (nSPS) is 11.3. The zero-order chi connectivity index (χ0) is 13.4. The molecule has 2 N–H and O–H groups in total. The van der Waals surface area contributed by atoms with Gasteiger partial charge < -0.3 is 10.4 Å². The highest BCUT2D eigenvalue weighted by Gasteiger charge is 2.19. The van der Waals surface area contributed by atoms with Crippen molar-refractivity contribution in [2.75, 3.05) is 12.4 Å². The van der Waals surface area contributed by atoms with E-state index in [0.717, 1.165) is 5.75 Å². The van der Waals surface area contributed by atoms with Gasteiger partial charge in [0.05, 0.1) is 0 Å². The third-order valence-corrected chi connectivity index (χ3v) is 3.57. The fourth-order valence-corrected chi connectivity index (χ4v) is 2.43. The van der Waals surface area contributed by atoms with Gasteiger partial charge in [0.25, 0.3) is 0 Å². The molecule has 0 aliphatic rings. The van der Waals surface area contributed by atoms with Gasteiger partial charge in [0, 0.05) is 29.2 Å². The monoisotopic (exact) mass is 267 g/mol. The van der Waals surface area contributed by atoms with Crippen molar-refractivity contribution in [1.82, 2.24) is 5.32 Å².